The van der Waals surface area contributed by atoms with Gasteiger partial charge in [0.1, 0.15) is 15.6 Å². The normalized spacial score (nSPS) is 28.7. The van der Waals surface area contributed by atoms with Gasteiger partial charge in [-0.2, -0.15) is 0 Å². The summed E-state index contributed by atoms with van der Waals surface area (Å²) in [4.78, 5) is 26.4. The molecule has 22 heavy (non-hydrogen) atoms. The van der Waals surface area contributed by atoms with Gasteiger partial charge >= 0.3 is 6.03 Å². The lowest BCUT2D eigenvalue weighted by Gasteiger charge is -2.34. The molecule has 3 rings (SSSR count). The van der Waals surface area contributed by atoms with Crippen molar-refractivity contribution in [2.75, 3.05) is 0 Å². The van der Waals surface area contributed by atoms with Crippen molar-refractivity contribution in [3.63, 3.8) is 0 Å². The molecule has 1 aliphatic carbocycles. The third-order valence-corrected chi connectivity index (χ3v) is 5.72. The summed E-state index contributed by atoms with van der Waals surface area (Å²) in [5, 5.41) is 12.8. The molecule has 1 saturated carbocycles. The van der Waals surface area contributed by atoms with E-state index in [0.29, 0.717) is 16.8 Å². The lowest BCUT2D eigenvalue weighted by Crippen LogP contribution is -2.50. The van der Waals surface area contributed by atoms with Gasteiger partial charge in [0, 0.05) is 5.92 Å². The van der Waals surface area contributed by atoms with Crippen molar-refractivity contribution in [2.24, 2.45) is 5.92 Å². The molecule has 1 aromatic rings. The van der Waals surface area contributed by atoms with E-state index >= 15 is 0 Å². The van der Waals surface area contributed by atoms with Crippen molar-refractivity contribution >= 4 is 23.3 Å². The average Bonchev–Trinajstić information content (AvgIpc) is 2.99. The predicted octanol–water partition coefficient (Wildman–Crippen LogP) is 2.66. The van der Waals surface area contributed by atoms with Gasteiger partial charge in [0.25, 0.3) is 5.91 Å². The molecule has 0 bridgehead atoms. The van der Waals surface area contributed by atoms with E-state index in [1.165, 1.54) is 16.2 Å². The summed E-state index contributed by atoms with van der Waals surface area (Å²) in [7, 11) is 0. The zero-order chi connectivity index (χ0) is 15.9. The molecule has 0 radical (unpaired) electrons. The van der Waals surface area contributed by atoms with Crippen LogP contribution in [-0.2, 0) is 11.3 Å². The maximum atomic E-state index is 12.8. The molecule has 120 valence electrons. The molecule has 2 fully saturated rings. The van der Waals surface area contributed by atoms with Crippen LogP contribution < -0.4 is 5.32 Å². The zero-order valence-electron chi connectivity index (χ0n) is 13.3. The zero-order valence-corrected chi connectivity index (χ0v) is 14.1. The molecule has 1 N–H and O–H groups in total. The van der Waals surface area contributed by atoms with E-state index in [-0.39, 0.29) is 18.5 Å². The van der Waals surface area contributed by atoms with Crippen LogP contribution in [0.3, 0.4) is 0 Å². The number of aromatic nitrogens is 2. The molecule has 2 aliphatic rings. The average molecular weight is 322 g/mol. The van der Waals surface area contributed by atoms with Gasteiger partial charge in [-0.25, -0.2) is 4.79 Å². The highest BCUT2D eigenvalue weighted by Crippen LogP contribution is 2.37. The molecule has 1 aromatic heterocycles. The van der Waals surface area contributed by atoms with Crippen LogP contribution in [0, 0.1) is 5.92 Å². The molecule has 0 unspecified atom stereocenters. The number of imide groups is 1. The second-order valence-corrected chi connectivity index (χ2v) is 7.89. The minimum absolute atomic E-state index is 0.0923. The number of hydrogen-bond donors (Lipinski definition) is 1. The first-order chi connectivity index (χ1) is 10.4. The number of rotatable bonds is 3. The Hall–Kier alpha value is -1.50. The minimum atomic E-state index is -0.680. The van der Waals surface area contributed by atoms with E-state index in [9.17, 15) is 9.59 Å². The second-order valence-electron chi connectivity index (χ2n) is 6.79. The van der Waals surface area contributed by atoms with Gasteiger partial charge in [-0.05, 0) is 18.8 Å². The van der Waals surface area contributed by atoms with Crippen LogP contribution in [0.1, 0.15) is 62.4 Å². The fourth-order valence-corrected chi connectivity index (χ4v) is 4.21. The quantitative estimate of drug-likeness (QED) is 0.868. The Morgan fingerprint density at radius 3 is 2.82 bits per heavy atom. The summed E-state index contributed by atoms with van der Waals surface area (Å²) in [5.41, 5.74) is -0.680. The molecule has 1 spiro atoms. The Labute approximate surface area is 134 Å². The van der Waals surface area contributed by atoms with E-state index < -0.39 is 5.54 Å². The van der Waals surface area contributed by atoms with Crippen molar-refractivity contribution in [2.45, 2.75) is 64.5 Å². The first-order valence-electron chi connectivity index (χ1n) is 7.88. The van der Waals surface area contributed by atoms with Crippen LogP contribution in [0.2, 0.25) is 0 Å². The highest BCUT2D eigenvalue weighted by atomic mass is 32.1. The summed E-state index contributed by atoms with van der Waals surface area (Å²) in [5.74, 6) is 0.678. The van der Waals surface area contributed by atoms with Crippen molar-refractivity contribution in [1.82, 2.24) is 20.4 Å². The third kappa shape index (κ3) is 2.62. The first-order valence-corrected chi connectivity index (χ1v) is 8.69. The summed E-state index contributed by atoms with van der Waals surface area (Å²) in [6.45, 7) is 6.47. The summed E-state index contributed by atoms with van der Waals surface area (Å²) >= 11 is 1.47. The second kappa shape index (κ2) is 5.61. The van der Waals surface area contributed by atoms with Crippen LogP contribution in [-0.4, -0.2) is 32.6 Å². The maximum Gasteiger partial charge on any atom is 0.325 e. The number of nitrogens with zero attached hydrogens (tertiary/aromatic N) is 3. The van der Waals surface area contributed by atoms with Gasteiger partial charge in [-0.3, -0.25) is 9.69 Å². The van der Waals surface area contributed by atoms with Gasteiger partial charge in [0.2, 0.25) is 0 Å². The molecule has 6 nitrogen and oxygen atoms in total. The Morgan fingerprint density at radius 2 is 2.18 bits per heavy atom. The topological polar surface area (TPSA) is 75.2 Å². The van der Waals surface area contributed by atoms with Crippen molar-refractivity contribution in [3.8, 4) is 0 Å². The highest BCUT2D eigenvalue weighted by molar-refractivity contribution is 7.11. The Kier molecular flexibility index (Phi) is 3.92. The van der Waals surface area contributed by atoms with Gasteiger partial charge in [-0.15, -0.1) is 10.2 Å². The van der Waals surface area contributed by atoms with Crippen molar-refractivity contribution < 1.29 is 9.59 Å². The van der Waals surface area contributed by atoms with Crippen LogP contribution >= 0.6 is 11.3 Å². The van der Waals surface area contributed by atoms with Gasteiger partial charge < -0.3 is 5.32 Å². The molecule has 1 aliphatic heterocycles. The van der Waals surface area contributed by atoms with Crippen LogP contribution in [0.15, 0.2) is 0 Å². The lowest BCUT2D eigenvalue weighted by molar-refractivity contribution is -0.133. The molecule has 7 heteroatoms. The lowest BCUT2D eigenvalue weighted by atomic mass is 9.76. The fourth-order valence-electron chi connectivity index (χ4n) is 3.38. The van der Waals surface area contributed by atoms with Crippen LogP contribution in [0.5, 0.6) is 0 Å². The van der Waals surface area contributed by atoms with Gasteiger partial charge in [-0.1, -0.05) is 44.9 Å². The molecule has 1 saturated heterocycles. The molecule has 3 amide bonds. The van der Waals surface area contributed by atoms with Crippen LogP contribution in [0.4, 0.5) is 4.79 Å². The number of carbonyl (C=O) groups excluding carboxylic acids is 2. The van der Waals surface area contributed by atoms with E-state index in [2.05, 4.69) is 36.3 Å². The van der Waals surface area contributed by atoms with Gasteiger partial charge in [0.15, 0.2) is 0 Å². The standard InChI is InChI=1S/C15H22N4O2S/c1-9(2)12-18-17-11(22-12)8-19-13(20)15(16-14(19)21)6-4-5-10(3)7-15/h9-10H,4-8H2,1-3H3,(H,16,21)/t10-,15+/m0/s1. The summed E-state index contributed by atoms with van der Waals surface area (Å²) in [6, 6.07) is -0.291. The third-order valence-electron chi connectivity index (χ3n) is 4.51. The molecular weight excluding hydrogens is 300 g/mol. The largest absolute Gasteiger partial charge is 0.325 e. The van der Waals surface area contributed by atoms with Crippen LogP contribution in [0.25, 0.3) is 0 Å². The smallest absolute Gasteiger partial charge is 0.323 e. The molecule has 2 atom stereocenters. The maximum absolute atomic E-state index is 12.8. The van der Waals surface area contributed by atoms with E-state index in [1.54, 1.807) is 0 Å². The van der Waals surface area contributed by atoms with E-state index in [4.69, 9.17) is 0 Å². The van der Waals surface area contributed by atoms with Crippen molar-refractivity contribution in [3.05, 3.63) is 10.0 Å². The number of hydrogen-bond acceptors (Lipinski definition) is 5. The van der Waals surface area contributed by atoms with E-state index in [0.717, 1.165) is 30.7 Å². The monoisotopic (exact) mass is 322 g/mol. The summed E-state index contributed by atoms with van der Waals surface area (Å²) in [6.07, 6.45) is 3.59. The number of amides is 3. The van der Waals surface area contributed by atoms with Crippen molar-refractivity contribution in [1.29, 1.82) is 0 Å². The number of carbonyl (C=O) groups is 2. The fraction of sp³-hybridized carbons (Fsp3) is 0.733. The molecule has 2 heterocycles. The first kappa shape index (κ1) is 15.4. The minimum Gasteiger partial charge on any atom is -0.323 e. The Bertz CT molecular complexity index is 600. The predicted molar refractivity (Wildman–Crippen MR) is 83.4 cm³/mol. The van der Waals surface area contributed by atoms with Gasteiger partial charge in [0.05, 0.1) is 6.54 Å². The number of urea groups is 1. The Morgan fingerprint density at radius 1 is 1.41 bits per heavy atom. The highest BCUT2D eigenvalue weighted by Gasteiger charge is 2.52. The molecular formula is C15H22N4O2S. The Balaban J connectivity index is 1.76. The SMILES string of the molecule is CC(C)c1nnc(CN2C(=O)N[C@@]3(CCC[C@H](C)C3)C2=O)s1. The number of nitrogens with one attached hydrogen (secondary N) is 1. The summed E-state index contributed by atoms with van der Waals surface area (Å²) < 4.78 is 0. The van der Waals surface area contributed by atoms with E-state index in [1.807, 2.05) is 0 Å². The molecule has 0 aromatic carbocycles.